The Bertz CT molecular complexity index is 602. The van der Waals surface area contributed by atoms with Gasteiger partial charge in [-0.1, -0.05) is 34.1 Å². The van der Waals surface area contributed by atoms with E-state index < -0.39 is 0 Å². The van der Waals surface area contributed by atoms with Crippen LogP contribution in [0.25, 0.3) is 0 Å². The lowest BCUT2D eigenvalue weighted by Crippen LogP contribution is -1.97. The van der Waals surface area contributed by atoms with Crippen LogP contribution in [0.3, 0.4) is 0 Å². The second-order valence-corrected chi connectivity index (χ2v) is 4.82. The molecule has 0 aliphatic heterocycles. The lowest BCUT2D eigenvalue weighted by Gasteiger charge is -2.10. The van der Waals surface area contributed by atoms with Gasteiger partial charge in [0.25, 0.3) is 0 Å². The van der Waals surface area contributed by atoms with E-state index >= 15 is 0 Å². The molecule has 0 amide bonds. The highest BCUT2D eigenvalue weighted by Gasteiger charge is 2.03. The lowest BCUT2D eigenvalue weighted by atomic mass is 10.1. The van der Waals surface area contributed by atoms with E-state index in [9.17, 15) is 0 Å². The van der Waals surface area contributed by atoms with Crippen molar-refractivity contribution >= 4 is 15.9 Å². The summed E-state index contributed by atoms with van der Waals surface area (Å²) in [5, 5.41) is 8.83. The van der Waals surface area contributed by atoms with Crippen LogP contribution in [0.4, 0.5) is 0 Å². The van der Waals surface area contributed by atoms with E-state index in [1.165, 1.54) is 0 Å². The van der Waals surface area contributed by atoms with Gasteiger partial charge in [-0.3, -0.25) is 0 Å². The average molecular weight is 302 g/mol. The van der Waals surface area contributed by atoms with E-state index in [1.807, 2.05) is 43.3 Å². The highest BCUT2D eigenvalue weighted by molar-refractivity contribution is 9.10. The van der Waals surface area contributed by atoms with Crippen LogP contribution in [-0.2, 0) is 6.61 Å². The molecule has 0 spiro atoms. The molecular formula is C15H12BrNO. The number of nitriles is 1. The van der Waals surface area contributed by atoms with Crippen LogP contribution in [-0.4, -0.2) is 0 Å². The topological polar surface area (TPSA) is 33.0 Å². The molecule has 0 saturated heterocycles. The average Bonchev–Trinajstić information content (AvgIpc) is 2.41. The van der Waals surface area contributed by atoms with Gasteiger partial charge in [-0.25, -0.2) is 0 Å². The molecule has 2 nitrogen and oxygen atoms in total. The van der Waals surface area contributed by atoms with Crippen molar-refractivity contribution in [2.24, 2.45) is 0 Å². The number of hydrogen-bond acceptors (Lipinski definition) is 2. The molecule has 2 rings (SSSR count). The highest BCUT2D eigenvalue weighted by Crippen LogP contribution is 2.26. The van der Waals surface area contributed by atoms with Gasteiger partial charge in [-0.05, 0) is 36.8 Å². The summed E-state index contributed by atoms with van der Waals surface area (Å²) in [6.45, 7) is 2.47. The molecule has 0 saturated carbocycles. The van der Waals surface area contributed by atoms with E-state index in [0.717, 1.165) is 21.3 Å². The quantitative estimate of drug-likeness (QED) is 0.851. The monoisotopic (exact) mass is 301 g/mol. The largest absolute Gasteiger partial charge is 0.489 e. The van der Waals surface area contributed by atoms with Gasteiger partial charge in [0.1, 0.15) is 12.4 Å². The molecule has 0 radical (unpaired) electrons. The van der Waals surface area contributed by atoms with Crippen molar-refractivity contribution in [2.75, 3.05) is 0 Å². The fourth-order valence-corrected chi connectivity index (χ4v) is 1.98. The van der Waals surface area contributed by atoms with Gasteiger partial charge in [-0.15, -0.1) is 0 Å². The Labute approximate surface area is 115 Å². The molecule has 2 aromatic rings. The third kappa shape index (κ3) is 2.91. The smallest absolute Gasteiger partial charge is 0.123 e. The van der Waals surface area contributed by atoms with Crippen molar-refractivity contribution in [1.82, 2.24) is 0 Å². The van der Waals surface area contributed by atoms with Crippen molar-refractivity contribution in [3.63, 3.8) is 0 Å². The van der Waals surface area contributed by atoms with Gasteiger partial charge in [0.05, 0.1) is 11.6 Å². The van der Waals surface area contributed by atoms with Crippen LogP contribution in [0, 0.1) is 18.3 Å². The Morgan fingerprint density at radius 3 is 2.78 bits per heavy atom. The van der Waals surface area contributed by atoms with Gasteiger partial charge in [0.15, 0.2) is 0 Å². The summed E-state index contributed by atoms with van der Waals surface area (Å²) in [7, 11) is 0. The van der Waals surface area contributed by atoms with Crippen LogP contribution in [0.1, 0.15) is 16.7 Å². The fourth-order valence-electron chi connectivity index (χ4n) is 1.64. The van der Waals surface area contributed by atoms with E-state index in [0.29, 0.717) is 12.2 Å². The van der Waals surface area contributed by atoms with Crippen LogP contribution in [0.2, 0.25) is 0 Å². The van der Waals surface area contributed by atoms with Crippen LogP contribution < -0.4 is 4.74 Å². The molecule has 0 fully saturated rings. The summed E-state index contributed by atoms with van der Waals surface area (Å²) in [5.74, 6) is 0.853. The van der Waals surface area contributed by atoms with Crippen molar-refractivity contribution in [2.45, 2.75) is 13.5 Å². The minimum absolute atomic E-state index is 0.465. The molecule has 0 unspecified atom stereocenters. The molecular weight excluding hydrogens is 290 g/mol. The maximum absolute atomic E-state index is 8.83. The van der Waals surface area contributed by atoms with Crippen LogP contribution in [0.15, 0.2) is 46.9 Å². The molecule has 0 bridgehead atoms. The molecule has 0 aliphatic carbocycles. The lowest BCUT2D eigenvalue weighted by molar-refractivity contribution is 0.304. The van der Waals surface area contributed by atoms with Gasteiger partial charge in [0.2, 0.25) is 0 Å². The minimum Gasteiger partial charge on any atom is -0.489 e. The normalized spacial score (nSPS) is 9.83. The second kappa shape index (κ2) is 5.70. The van der Waals surface area contributed by atoms with Gasteiger partial charge in [-0.2, -0.15) is 5.26 Å². The third-order valence-corrected chi connectivity index (χ3v) is 3.53. The minimum atomic E-state index is 0.465. The molecule has 0 aromatic heterocycles. The first-order valence-electron chi connectivity index (χ1n) is 5.57. The van der Waals surface area contributed by atoms with Gasteiger partial charge >= 0.3 is 0 Å². The summed E-state index contributed by atoms with van der Waals surface area (Å²) in [6, 6.07) is 15.4. The zero-order valence-electron chi connectivity index (χ0n) is 9.98. The maximum atomic E-state index is 8.83. The summed E-state index contributed by atoms with van der Waals surface area (Å²) in [4.78, 5) is 0. The summed E-state index contributed by atoms with van der Waals surface area (Å²) >= 11 is 3.47. The molecule has 0 heterocycles. The van der Waals surface area contributed by atoms with E-state index in [-0.39, 0.29) is 0 Å². The Morgan fingerprint density at radius 2 is 2.00 bits per heavy atom. The van der Waals surface area contributed by atoms with Crippen molar-refractivity contribution in [3.05, 3.63) is 63.6 Å². The number of rotatable bonds is 3. The zero-order chi connectivity index (χ0) is 13.0. The van der Waals surface area contributed by atoms with Gasteiger partial charge < -0.3 is 4.74 Å². The summed E-state index contributed by atoms with van der Waals surface area (Å²) < 4.78 is 6.80. The molecule has 3 heteroatoms. The summed E-state index contributed by atoms with van der Waals surface area (Å²) in [6.07, 6.45) is 0. The van der Waals surface area contributed by atoms with E-state index in [1.54, 1.807) is 6.07 Å². The molecule has 18 heavy (non-hydrogen) atoms. The van der Waals surface area contributed by atoms with E-state index in [4.69, 9.17) is 10.00 Å². The maximum Gasteiger partial charge on any atom is 0.123 e. The molecule has 0 aliphatic rings. The predicted molar refractivity (Wildman–Crippen MR) is 74.4 cm³/mol. The van der Waals surface area contributed by atoms with Crippen molar-refractivity contribution in [3.8, 4) is 11.8 Å². The SMILES string of the molecule is Cc1c(Br)cccc1OCc1cccc(C#N)c1. The van der Waals surface area contributed by atoms with E-state index in [2.05, 4.69) is 22.0 Å². The first-order chi connectivity index (χ1) is 8.70. The zero-order valence-corrected chi connectivity index (χ0v) is 11.6. The number of ether oxygens (including phenoxy) is 1. The first kappa shape index (κ1) is 12.7. The first-order valence-corrected chi connectivity index (χ1v) is 6.37. The molecule has 2 aromatic carbocycles. The van der Waals surface area contributed by atoms with Crippen LogP contribution in [0.5, 0.6) is 5.75 Å². The standard InChI is InChI=1S/C15H12BrNO/c1-11-14(16)6-3-7-15(11)18-10-13-5-2-4-12(8-13)9-17/h2-8H,10H2,1H3. The Morgan fingerprint density at radius 1 is 1.22 bits per heavy atom. The number of benzene rings is 2. The molecule has 0 atom stereocenters. The molecule has 0 N–H and O–H groups in total. The van der Waals surface area contributed by atoms with Crippen LogP contribution >= 0.6 is 15.9 Å². The van der Waals surface area contributed by atoms with Gasteiger partial charge in [0, 0.05) is 10.0 Å². The van der Waals surface area contributed by atoms with Crippen molar-refractivity contribution in [1.29, 1.82) is 5.26 Å². The fraction of sp³-hybridized carbons (Fsp3) is 0.133. The Kier molecular flexibility index (Phi) is 4.01. The number of halogens is 1. The predicted octanol–water partition coefficient (Wildman–Crippen LogP) is 4.21. The highest BCUT2D eigenvalue weighted by atomic mass is 79.9. The second-order valence-electron chi connectivity index (χ2n) is 3.96. The number of nitrogens with zero attached hydrogens (tertiary/aromatic N) is 1. The van der Waals surface area contributed by atoms with Crippen molar-refractivity contribution < 1.29 is 4.74 Å². The Hall–Kier alpha value is -1.79. The Balaban J connectivity index is 2.12. The summed E-state index contributed by atoms with van der Waals surface area (Å²) in [5.41, 5.74) is 2.73. The third-order valence-electron chi connectivity index (χ3n) is 2.67. The number of hydrogen-bond donors (Lipinski definition) is 0. The molecule has 90 valence electrons.